The second-order valence-corrected chi connectivity index (χ2v) is 3.77. The van der Waals surface area contributed by atoms with Gasteiger partial charge in [0.2, 0.25) is 5.91 Å². The van der Waals surface area contributed by atoms with Gasteiger partial charge in [0, 0.05) is 7.05 Å². The van der Waals surface area contributed by atoms with Gasteiger partial charge in [0.15, 0.2) is 0 Å². The summed E-state index contributed by atoms with van der Waals surface area (Å²) in [4.78, 5) is 11.1. The predicted molar refractivity (Wildman–Crippen MR) is 46.3 cm³/mol. The summed E-state index contributed by atoms with van der Waals surface area (Å²) in [6.07, 6.45) is 1.65. The zero-order chi connectivity index (χ0) is 8.20. The summed E-state index contributed by atoms with van der Waals surface area (Å²) in [5.41, 5.74) is 0. The number of rotatable bonds is 3. The quantitative estimate of drug-likeness (QED) is 0.702. The standard InChI is InChI=1S/C7H14BrNO/c1-4-7(8,5-2)6(10)9-3/h4-5H2,1-3H3,(H,9,10). The van der Waals surface area contributed by atoms with E-state index in [0.717, 1.165) is 12.8 Å². The molecule has 0 aliphatic heterocycles. The Balaban J connectivity index is 4.17. The summed E-state index contributed by atoms with van der Waals surface area (Å²) in [6, 6.07) is 0. The lowest BCUT2D eigenvalue weighted by atomic mass is 10.0. The molecule has 0 aliphatic rings. The Morgan fingerprint density at radius 2 is 1.90 bits per heavy atom. The smallest absolute Gasteiger partial charge is 0.236 e. The fourth-order valence-corrected chi connectivity index (χ4v) is 0.993. The molecule has 0 aromatic rings. The molecule has 0 radical (unpaired) electrons. The largest absolute Gasteiger partial charge is 0.358 e. The minimum absolute atomic E-state index is 0.0671. The Kier molecular flexibility index (Phi) is 3.94. The van der Waals surface area contributed by atoms with Crippen molar-refractivity contribution < 1.29 is 4.79 Å². The molecule has 1 N–H and O–H groups in total. The lowest BCUT2D eigenvalue weighted by Crippen LogP contribution is -2.39. The number of hydrogen-bond acceptors (Lipinski definition) is 1. The molecule has 10 heavy (non-hydrogen) atoms. The maximum atomic E-state index is 11.1. The molecular weight excluding hydrogens is 194 g/mol. The van der Waals surface area contributed by atoms with Crippen LogP contribution in [-0.4, -0.2) is 17.3 Å². The third-order valence-corrected chi connectivity index (χ3v) is 3.24. The topological polar surface area (TPSA) is 29.1 Å². The maximum Gasteiger partial charge on any atom is 0.236 e. The van der Waals surface area contributed by atoms with Gasteiger partial charge in [0.05, 0.1) is 0 Å². The summed E-state index contributed by atoms with van der Waals surface area (Å²) in [6.45, 7) is 3.99. The van der Waals surface area contributed by atoms with E-state index in [-0.39, 0.29) is 10.2 Å². The highest BCUT2D eigenvalue weighted by Crippen LogP contribution is 2.25. The van der Waals surface area contributed by atoms with Crippen LogP contribution in [0.5, 0.6) is 0 Å². The van der Waals surface area contributed by atoms with Crippen LogP contribution in [0.25, 0.3) is 0 Å². The van der Waals surface area contributed by atoms with Crippen molar-refractivity contribution in [2.45, 2.75) is 31.0 Å². The van der Waals surface area contributed by atoms with Crippen LogP contribution in [0.1, 0.15) is 26.7 Å². The molecule has 0 heterocycles. The van der Waals surface area contributed by atoms with Gasteiger partial charge in [0.25, 0.3) is 0 Å². The fourth-order valence-electron chi connectivity index (χ4n) is 0.795. The van der Waals surface area contributed by atoms with Crippen LogP contribution in [0.4, 0.5) is 0 Å². The predicted octanol–water partition coefficient (Wildman–Crippen LogP) is 1.69. The molecule has 0 aromatic heterocycles. The molecule has 0 unspecified atom stereocenters. The van der Waals surface area contributed by atoms with Crippen molar-refractivity contribution >= 4 is 21.8 Å². The Hall–Kier alpha value is -0.0500. The summed E-state index contributed by atoms with van der Waals surface area (Å²) in [7, 11) is 1.66. The zero-order valence-electron chi connectivity index (χ0n) is 6.70. The molecule has 60 valence electrons. The number of nitrogens with one attached hydrogen (secondary N) is 1. The van der Waals surface area contributed by atoms with E-state index >= 15 is 0 Å². The summed E-state index contributed by atoms with van der Waals surface area (Å²) < 4.78 is -0.345. The number of carbonyl (C=O) groups is 1. The second kappa shape index (κ2) is 3.96. The van der Waals surface area contributed by atoms with Crippen molar-refractivity contribution in [1.82, 2.24) is 5.32 Å². The van der Waals surface area contributed by atoms with Crippen LogP contribution in [0.3, 0.4) is 0 Å². The minimum Gasteiger partial charge on any atom is -0.358 e. The third-order valence-electron chi connectivity index (χ3n) is 1.75. The SMILES string of the molecule is CCC(Br)(CC)C(=O)NC. The van der Waals surface area contributed by atoms with Gasteiger partial charge in [-0.1, -0.05) is 29.8 Å². The van der Waals surface area contributed by atoms with E-state index in [4.69, 9.17) is 0 Å². The zero-order valence-corrected chi connectivity index (χ0v) is 8.29. The van der Waals surface area contributed by atoms with Gasteiger partial charge in [-0.2, -0.15) is 0 Å². The third kappa shape index (κ3) is 1.97. The van der Waals surface area contributed by atoms with E-state index in [1.807, 2.05) is 13.8 Å². The number of carbonyl (C=O) groups excluding carboxylic acids is 1. The van der Waals surface area contributed by atoms with Gasteiger partial charge in [-0.05, 0) is 12.8 Å². The van der Waals surface area contributed by atoms with E-state index in [9.17, 15) is 4.79 Å². The van der Waals surface area contributed by atoms with Crippen LogP contribution in [0, 0.1) is 0 Å². The second-order valence-electron chi connectivity index (χ2n) is 2.25. The van der Waals surface area contributed by atoms with Crippen LogP contribution in [0.15, 0.2) is 0 Å². The van der Waals surface area contributed by atoms with E-state index in [0.29, 0.717) is 0 Å². The normalized spacial score (nSPS) is 11.2. The molecule has 0 rings (SSSR count). The summed E-state index contributed by atoms with van der Waals surface area (Å²) >= 11 is 3.40. The van der Waals surface area contributed by atoms with E-state index < -0.39 is 0 Å². The van der Waals surface area contributed by atoms with Gasteiger partial charge in [-0.3, -0.25) is 4.79 Å². The first-order valence-electron chi connectivity index (χ1n) is 3.51. The van der Waals surface area contributed by atoms with Crippen LogP contribution in [0.2, 0.25) is 0 Å². The van der Waals surface area contributed by atoms with Crippen LogP contribution < -0.4 is 5.32 Å². The van der Waals surface area contributed by atoms with Crippen molar-refractivity contribution in [3.8, 4) is 0 Å². The molecule has 0 aliphatic carbocycles. The summed E-state index contributed by atoms with van der Waals surface area (Å²) in [5.74, 6) is 0.0671. The molecule has 0 aromatic carbocycles. The Morgan fingerprint density at radius 3 is 2.00 bits per heavy atom. The first-order valence-corrected chi connectivity index (χ1v) is 4.31. The Labute approximate surface area is 70.5 Å². The summed E-state index contributed by atoms with van der Waals surface area (Å²) in [5, 5.41) is 2.62. The number of hydrogen-bond donors (Lipinski definition) is 1. The monoisotopic (exact) mass is 207 g/mol. The molecule has 0 spiro atoms. The highest BCUT2D eigenvalue weighted by Gasteiger charge is 2.29. The molecule has 0 bridgehead atoms. The minimum atomic E-state index is -0.345. The van der Waals surface area contributed by atoms with Gasteiger partial charge < -0.3 is 5.32 Å². The lowest BCUT2D eigenvalue weighted by Gasteiger charge is -2.21. The first kappa shape index (κ1) is 9.95. The van der Waals surface area contributed by atoms with E-state index in [2.05, 4.69) is 21.2 Å². The Bertz CT molecular complexity index is 121. The number of amides is 1. The number of alkyl halides is 1. The number of halogens is 1. The lowest BCUT2D eigenvalue weighted by molar-refractivity contribution is -0.122. The maximum absolute atomic E-state index is 11.1. The average Bonchev–Trinajstić information content (AvgIpc) is 2.01. The van der Waals surface area contributed by atoms with Crippen molar-refractivity contribution in [2.24, 2.45) is 0 Å². The van der Waals surface area contributed by atoms with Crippen molar-refractivity contribution in [1.29, 1.82) is 0 Å². The molecule has 2 nitrogen and oxygen atoms in total. The fraction of sp³-hybridized carbons (Fsp3) is 0.857. The molecule has 0 atom stereocenters. The molecule has 1 amide bonds. The van der Waals surface area contributed by atoms with E-state index in [1.165, 1.54) is 0 Å². The molecule has 0 fully saturated rings. The molecule has 0 saturated heterocycles. The highest BCUT2D eigenvalue weighted by molar-refractivity contribution is 9.10. The van der Waals surface area contributed by atoms with Crippen LogP contribution in [-0.2, 0) is 4.79 Å². The van der Waals surface area contributed by atoms with Gasteiger partial charge in [-0.15, -0.1) is 0 Å². The van der Waals surface area contributed by atoms with Crippen molar-refractivity contribution in [3.05, 3.63) is 0 Å². The van der Waals surface area contributed by atoms with Crippen LogP contribution >= 0.6 is 15.9 Å². The van der Waals surface area contributed by atoms with Gasteiger partial charge in [-0.25, -0.2) is 0 Å². The molecule has 0 saturated carbocycles. The highest BCUT2D eigenvalue weighted by atomic mass is 79.9. The van der Waals surface area contributed by atoms with Gasteiger partial charge >= 0.3 is 0 Å². The first-order chi connectivity index (χ1) is 4.60. The molecule has 3 heteroatoms. The Morgan fingerprint density at radius 1 is 1.50 bits per heavy atom. The average molecular weight is 208 g/mol. The van der Waals surface area contributed by atoms with Gasteiger partial charge in [0.1, 0.15) is 4.32 Å². The molecular formula is C7H14BrNO. The van der Waals surface area contributed by atoms with Crippen molar-refractivity contribution in [3.63, 3.8) is 0 Å². The van der Waals surface area contributed by atoms with Crippen molar-refractivity contribution in [2.75, 3.05) is 7.05 Å². The van der Waals surface area contributed by atoms with E-state index in [1.54, 1.807) is 7.05 Å².